The second-order valence-electron chi connectivity index (χ2n) is 4.52. The van der Waals surface area contributed by atoms with E-state index in [1.54, 1.807) is 0 Å². The van der Waals surface area contributed by atoms with Gasteiger partial charge in [-0.25, -0.2) is 0 Å². The van der Waals surface area contributed by atoms with Gasteiger partial charge in [0.25, 0.3) is 0 Å². The first kappa shape index (κ1) is 11.2. The van der Waals surface area contributed by atoms with Crippen molar-refractivity contribution in [3.05, 3.63) is 34.3 Å². The van der Waals surface area contributed by atoms with Gasteiger partial charge in [-0.05, 0) is 55.7 Å². The Morgan fingerprint density at radius 2 is 2.20 bits per heavy atom. The molecule has 0 amide bonds. The standard InChI is InChI=1S/C13H18BrN/c14-12-5-1-3-10(9-12)4-2-6-13(15)11-7-8-11/h1,3,5,9,11,13H,2,4,6-8,15H2. The van der Waals surface area contributed by atoms with E-state index in [0.717, 1.165) is 12.3 Å². The average Bonchev–Trinajstić information content (AvgIpc) is 3.00. The van der Waals surface area contributed by atoms with Crippen LogP contribution in [0.15, 0.2) is 28.7 Å². The predicted octanol–water partition coefficient (Wildman–Crippen LogP) is 3.51. The van der Waals surface area contributed by atoms with E-state index in [1.807, 2.05) is 0 Å². The molecule has 1 aliphatic rings. The SMILES string of the molecule is NC(CCCc1cccc(Br)c1)C1CC1. The van der Waals surface area contributed by atoms with Crippen molar-refractivity contribution in [2.45, 2.75) is 38.1 Å². The third kappa shape index (κ3) is 3.62. The number of rotatable bonds is 5. The molecule has 0 radical (unpaired) electrons. The van der Waals surface area contributed by atoms with Gasteiger partial charge in [-0.15, -0.1) is 0 Å². The van der Waals surface area contributed by atoms with E-state index in [0.29, 0.717) is 6.04 Å². The molecule has 82 valence electrons. The molecule has 15 heavy (non-hydrogen) atoms. The summed E-state index contributed by atoms with van der Waals surface area (Å²) < 4.78 is 1.17. The van der Waals surface area contributed by atoms with Gasteiger partial charge in [0.15, 0.2) is 0 Å². The summed E-state index contributed by atoms with van der Waals surface area (Å²) in [4.78, 5) is 0. The highest BCUT2D eigenvalue weighted by Crippen LogP contribution is 2.33. The van der Waals surface area contributed by atoms with E-state index in [4.69, 9.17) is 5.73 Å². The van der Waals surface area contributed by atoms with Gasteiger partial charge in [0.05, 0.1) is 0 Å². The highest BCUT2D eigenvalue weighted by Gasteiger charge is 2.27. The van der Waals surface area contributed by atoms with Gasteiger partial charge in [0.1, 0.15) is 0 Å². The van der Waals surface area contributed by atoms with Crippen LogP contribution >= 0.6 is 15.9 Å². The number of halogens is 1. The Kier molecular flexibility index (Phi) is 3.81. The van der Waals surface area contributed by atoms with Crippen LogP contribution in [0.4, 0.5) is 0 Å². The molecule has 0 spiro atoms. The molecule has 1 unspecified atom stereocenters. The zero-order valence-corrected chi connectivity index (χ0v) is 10.5. The molecule has 1 saturated carbocycles. The van der Waals surface area contributed by atoms with Crippen molar-refractivity contribution in [2.24, 2.45) is 11.7 Å². The maximum atomic E-state index is 6.06. The Morgan fingerprint density at radius 1 is 1.40 bits per heavy atom. The lowest BCUT2D eigenvalue weighted by Crippen LogP contribution is -2.22. The quantitative estimate of drug-likeness (QED) is 0.868. The van der Waals surface area contributed by atoms with E-state index in [2.05, 4.69) is 40.2 Å². The largest absolute Gasteiger partial charge is 0.327 e. The van der Waals surface area contributed by atoms with Crippen molar-refractivity contribution in [3.63, 3.8) is 0 Å². The monoisotopic (exact) mass is 267 g/mol. The normalized spacial score (nSPS) is 17.7. The third-order valence-electron chi connectivity index (χ3n) is 3.12. The van der Waals surface area contributed by atoms with Gasteiger partial charge < -0.3 is 5.73 Å². The van der Waals surface area contributed by atoms with Crippen molar-refractivity contribution < 1.29 is 0 Å². The lowest BCUT2D eigenvalue weighted by atomic mass is 10.0. The number of hydrogen-bond acceptors (Lipinski definition) is 1. The minimum atomic E-state index is 0.456. The van der Waals surface area contributed by atoms with Crippen LogP contribution in [0.3, 0.4) is 0 Å². The summed E-state index contributed by atoms with van der Waals surface area (Å²) in [5.41, 5.74) is 7.47. The minimum absolute atomic E-state index is 0.456. The fourth-order valence-corrected chi connectivity index (χ4v) is 2.44. The summed E-state index contributed by atoms with van der Waals surface area (Å²) >= 11 is 3.49. The van der Waals surface area contributed by atoms with Crippen molar-refractivity contribution in [3.8, 4) is 0 Å². The van der Waals surface area contributed by atoms with Crippen LogP contribution in [0.1, 0.15) is 31.2 Å². The smallest absolute Gasteiger partial charge is 0.0177 e. The Hall–Kier alpha value is -0.340. The lowest BCUT2D eigenvalue weighted by Gasteiger charge is -2.09. The Balaban J connectivity index is 1.73. The molecule has 0 bridgehead atoms. The number of hydrogen-bond donors (Lipinski definition) is 1. The molecular formula is C13H18BrN. The van der Waals surface area contributed by atoms with Crippen molar-refractivity contribution >= 4 is 15.9 Å². The lowest BCUT2D eigenvalue weighted by molar-refractivity contribution is 0.528. The molecule has 0 heterocycles. The Morgan fingerprint density at radius 3 is 2.87 bits per heavy atom. The van der Waals surface area contributed by atoms with Crippen LogP contribution in [0, 0.1) is 5.92 Å². The molecule has 1 aromatic carbocycles. The van der Waals surface area contributed by atoms with Crippen molar-refractivity contribution in [1.82, 2.24) is 0 Å². The molecular weight excluding hydrogens is 250 g/mol. The number of aryl methyl sites for hydroxylation is 1. The summed E-state index contributed by atoms with van der Waals surface area (Å²) in [6.45, 7) is 0. The fourth-order valence-electron chi connectivity index (χ4n) is 1.99. The van der Waals surface area contributed by atoms with Crippen molar-refractivity contribution in [1.29, 1.82) is 0 Å². The van der Waals surface area contributed by atoms with E-state index in [1.165, 1.54) is 35.7 Å². The summed E-state index contributed by atoms with van der Waals surface area (Å²) in [5, 5.41) is 0. The van der Waals surface area contributed by atoms with Crippen LogP contribution in [0.25, 0.3) is 0 Å². The molecule has 0 aliphatic heterocycles. The molecule has 2 N–H and O–H groups in total. The topological polar surface area (TPSA) is 26.0 Å². The first-order valence-electron chi connectivity index (χ1n) is 5.76. The van der Waals surface area contributed by atoms with Crippen LogP contribution < -0.4 is 5.73 Å². The predicted molar refractivity (Wildman–Crippen MR) is 67.8 cm³/mol. The second kappa shape index (κ2) is 5.13. The van der Waals surface area contributed by atoms with E-state index in [9.17, 15) is 0 Å². The summed E-state index contributed by atoms with van der Waals surface area (Å²) in [7, 11) is 0. The highest BCUT2D eigenvalue weighted by atomic mass is 79.9. The molecule has 1 aromatic rings. The van der Waals surface area contributed by atoms with Gasteiger partial charge in [-0.3, -0.25) is 0 Å². The summed E-state index contributed by atoms with van der Waals surface area (Å²) in [6, 6.07) is 9.01. The molecule has 1 fully saturated rings. The van der Waals surface area contributed by atoms with Gasteiger partial charge in [-0.2, -0.15) is 0 Å². The first-order valence-corrected chi connectivity index (χ1v) is 6.55. The fraction of sp³-hybridized carbons (Fsp3) is 0.538. The summed E-state index contributed by atoms with van der Waals surface area (Å²) in [6.07, 6.45) is 6.27. The van der Waals surface area contributed by atoms with Crippen LogP contribution in [0.2, 0.25) is 0 Å². The zero-order valence-electron chi connectivity index (χ0n) is 8.95. The Bertz CT molecular complexity index is 320. The second-order valence-corrected chi connectivity index (χ2v) is 5.44. The van der Waals surface area contributed by atoms with Crippen LogP contribution in [0.5, 0.6) is 0 Å². The van der Waals surface area contributed by atoms with Gasteiger partial charge in [0, 0.05) is 10.5 Å². The van der Waals surface area contributed by atoms with Gasteiger partial charge in [0.2, 0.25) is 0 Å². The zero-order chi connectivity index (χ0) is 10.7. The third-order valence-corrected chi connectivity index (χ3v) is 3.61. The average molecular weight is 268 g/mol. The molecule has 1 atom stereocenters. The van der Waals surface area contributed by atoms with Crippen molar-refractivity contribution in [2.75, 3.05) is 0 Å². The highest BCUT2D eigenvalue weighted by molar-refractivity contribution is 9.10. The van der Waals surface area contributed by atoms with Gasteiger partial charge >= 0.3 is 0 Å². The summed E-state index contributed by atoms with van der Waals surface area (Å²) in [5.74, 6) is 0.840. The number of nitrogens with two attached hydrogens (primary N) is 1. The molecule has 2 rings (SSSR count). The molecule has 1 aliphatic carbocycles. The first-order chi connectivity index (χ1) is 7.25. The van der Waals surface area contributed by atoms with E-state index >= 15 is 0 Å². The molecule has 0 saturated heterocycles. The van der Waals surface area contributed by atoms with Gasteiger partial charge in [-0.1, -0.05) is 28.1 Å². The van der Waals surface area contributed by atoms with Crippen LogP contribution in [-0.4, -0.2) is 6.04 Å². The Labute approximate surface area is 100 Å². The van der Waals surface area contributed by atoms with E-state index in [-0.39, 0.29) is 0 Å². The van der Waals surface area contributed by atoms with Crippen LogP contribution in [-0.2, 0) is 6.42 Å². The minimum Gasteiger partial charge on any atom is -0.327 e. The molecule has 1 nitrogen and oxygen atoms in total. The van der Waals surface area contributed by atoms with E-state index < -0.39 is 0 Å². The molecule has 0 aromatic heterocycles. The number of benzene rings is 1. The maximum Gasteiger partial charge on any atom is 0.0177 e. The maximum absolute atomic E-state index is 6.06. The molecule has 2 heteroatoms.